The fourth-order valence-electron chi connectivity index (χ4n) is 1.89. The summed E-state index contributed by atoms with van der Waals surface area (Å²) >= 11 is 0. The van der Waals surface area contributed by atoms with Gasteiger partial charge in [0, 0.05) is 25.6 Å². The number of carbonyl (C=O) groups excluding carboxylic acids is 1. The lowest BCUT2D eigenvalue weighted by molar-refractivity contribution is -0.137. The normalized spacial score (nSPS) is 19.5. The summed E-state index contributed by atoms with van der Waals surface area (Å²) in [7, 11) is 1.94. The highest BCUT2D eigenvalue weighted by atomic mass is 16.4. The number of likely N-dealkylation sites (N-methyl/N-ethyl adjacent to an activating group) is 1. The minimum atomic E-state index is -0.826. The first-order valence-corrected chi connectivity index (χ1v) is 5.99. The molecule has 3 N–H and O–H groups in total. The minimum absolute atomic E-state index is 0.0372. The molecule has 1 heterocycles. The van der Waals surface area contributed by atoms with Crippen LogP contribution in [0.15, 0.2) is 0 Å². The van der Waals surface area contributed by atoms with Crippen molar-refractivity contribution in [2.75, 3.05) is 33.2 Å². The molecule has 0 bridgehead atoms. The summed E-state index contributed by atoms with van der Waals surface area (Å²) in [6, 6.07) is 0.430. The highest BCUT2D eigenvalue weighted by molar-refractivity contribution is 5.78. The molecule has 0 aromatic carbocycles. The van der Waals surface area contributed by atoms with Gasteiger partial charge in [0.1, 0.15) is 0 Å². The summed E-state index contributed by atoms with van der Waals surface area (Å²) in [5.41, 5.74) is 0. The maximum Gasteiger partial charge on any atom is 0.303 e. The van der Waals surface area contributed by atoms with Gasteiger partial charge in [-0.1, -0.05) is 0 Å². The van der Waals surface area contributed by atoms with Crippen molar-refractivity contribution in [2.24, 2.45) is 0 Å². The maximum atomic E-state index is 11.5. The van der Waals surface area contributed by atoms with Gasteiger partial charge in [0.15, 0.2) is 0 Å². The SMILES string of the molecule is CN(CC(=O)NCCCC(=O)O)C1CCNC1. The predicted octanol–water partition coefficient (Wildman–Crippen LogP) is -0.739. The second-order valence-electron chi connectivity index (χ2n) is 4.41. The maximum absolute atomic E-state index is 11.5. The van der Waals surface area contributed by atoms with E-state index in [-0.39, 0.29) is 12.3 Å². The van der Waals surface area contributed by atoms with Crippen LogP contribution < -0.4 is 10.6 Å². The fourth-order valence-corrected chi connectivity index (χ4v) is 1.89. The number of nitrogens with zero attached hydrogens (tertiary/aromatic N) is 1. The Hall–Kier alpha value is -1.14. The average molecular weight is 243 g/mol. The number of amides is 1. The molecule has 1 amide bonds. The van der Waals surface area contributed by atoms with Gasteiger partial charge in [-0.3, -0.25) is 14.5 Å². The molecule has 0 aliphatic carbocycles. The van der Waals surface area contributed by atoms with Crippen molar-refractivity contribution in [3.63, 3.8) is 0 Å². The van der Waals surface area contributed by atoms with Crippen LogP contribution >= 0.6 is 0 Å². The summed E-state index contributed by atoms with van der Waals surface area (Å²) < 4.78 is 0. The molecular weight excluding hydrogens is 222 g/mol. The summed E-state index contributed by atoms with van der Waals surface area (Å²) in [4.78, 5) is 23.8. The molecule has 17 heavy (non-hydrogen) atoms. The quantitative estimate of drug-likeness (QED) is 0.513. The Morgan fingerprint density at radius 3 is 2.88 bits per heavy atom. The molecule has 0 radical (unpaired) electrons. The van der Waals surface area contributed by atoms with Gasteiger partial charge in [0.2, 0.25) is 5.91 Å². The van der Waals surface area contributed by atoms with Gasteiger partial charge in [0.25, 0.3) is 0 Å². The summed E-state index contributed by atoms with van der Waals surface area (Å²) in [5, 5.41) is 14.4. The van der Waals surface area contributed by atoms with Crippen LogP contribution in [0.1, 0.15) is 19.3 Å². The zero-order valence-electron chi connectivity index (χ0n) is 10.2. The second kappa shape index (κ2) is 7.24. The molecule has 1 saturated heterocycles. The van der Waals surface area contributed by atoms with Crippen LogP contribution in [0.25, 0.3) is 0 Å². The molecule has 1 atom stereocenters. The Labute approximate surface area is 101 Å². The molecule has 1 rings (SSSR count). The van der Waals surface area contributed by atoms with Crippen molar-refractivity contribution in [3.05, 3.63) is 0 Å². The lowest BCUT2D eigenvalue weighted by Gasteiger charge is -2.22. The van der Waals surface area contributed by atoms with Gasteiger partial charge in [-0.15, -0.1) is 0 Å². The highest BCUT2D eigenvalue weighted by Crippen LogP contribution is 2.04. The molecule has 0 aromatic heterocycles. The molecule has 0 aromatic rings. The van der Waals surface area contributed by atoms with Crippen molar-refractivity contribution in [3.8, 4) is 0 Å². The largest absolute Gasteiger partial charge is 0.481 e. The van der Waals surface area contributed by atoms with Crippen molar-refractivity contribution in [2.45, 2.75) is 25.3 Å². The van der Waals surface area contributed by atoms with E-state index in [2.05, 4.69) is 10.6 Å². The first-order valence-electron chi connectivity index (χ1n) is 5.99. The molecule has 98 valence electrons. The third-order valence-electron chi connectivity index (χ3n) is 2.94. The molecule has 6 nitrogen and oxygen atoms in total. The van der Waals surface area contributed by atoms with Gasteiger partial charge >= 0.3 is 5.97 Å². The topological polar surface area (TPSA) is 81.7 Å². The van der Waals surface area contributed by atoms with Gasteiger partial charge in [-0.05, 0) is 26.4 Å². The molecule has 1 aliphatic heterocycles. The third kappa shape index (κ3) is 5.65. The first-order chi connectivity index (χ1) is 8.09. The first kappa shape index (κ1) is 13.9. The van der Waals surface area contributed by atoms with E-state index in [1.165, 1.54) is 0 Å². The summed E-state index contributed by atoms with van der Waals surface area (Å²) in [5.74, 6) is -0.863. The lowest BCUT2D eigenvalue weighted by Crippen LogP contribution is -2.41. The van der Waals surface area contributed by atoms with E-state index in [1.54, 1.807) is 0 Å². The predicted molar refractivity (Wildman–Crippen MR) is 63.8 cm³/mol. The Bertz CT molecular complexity index is 265. The molecular formula is C11H21N3O3. The van der Waals surface area contributed by atoms with Gasteiger partial charge < -0.3 is 15.7 Å². The number of rotatable bonds is 7. The summed E-state index contributed by atoms with van der Waals surface area (Å²) in [6.45, 7) is 2.75. The number of aliphatic carboxylic acids is 1. The molecule has 6 heteroatoms. The van der Waals surface area contributed by atoms with Crippen molar-refractivity contribution >= 4 is 11.9 Å². The molecule has 0 spiro atoms. The van der Waals surface area contributed by atoms with Crippen LogP contribution in [0.3, 0.4) is 0 Å². The van der Waals surface area contributed by atoms with Crippen molar-refractivity contribution in [1.29, 1.82) is 0 Å². The van der Waals surface area contributed by atoms with Crippen molar-refractivity contribution in [1.82, 2.24) is 15.5 Å². The number of carboxylic acid groups (broad SMARTS) is 1. The molecule has 0 saturated carbocycles. The van der Waals surface area contributed by atoms with E-state index in [9.17, 15) is 9.59 Å². The van der Waals surface area contributed by atoms with Crippen LogP contribution in [0.2, 0.25) is 0 Å². The van der Waals surface area contributed by atoms with E-state index in [0.29, 0.717) is 25.6 Å². The zero-order valence-corrected chi connectivity index (χ0v) is 10.2. The minimum Gasteiger partial charge on any atom is -0.481 e. The van der Waals surface area contributed by atoms with Gasteiger partial charge in [-0.2, -0.15) is 0 Å². The monoisotopic (exact) mass is 243 g/mol. The Morgan fingerprint density at radius 2 is 2.29 bits per heavy atom. The number of carbonyl (C=O) groups is 2. The third-order valence-corrected chi connectivity index (χ3v) is 2.94. The van der Waals surface area contributed by atoms with E-state index in [1.807, 2.05) is 11.9 Å². The van der Waals surface area contributed by atoms with E-state index < -0.39 is 5.97 Å². The number of hydrogen-bond acceptors (Lipinski definition) is 4. The zero-order chi connectivity index (χ0) is 12.7. The van der Waals surface area contributed by atoms with Gasteiger partial charge in [-0.25, -0.2) is 0 Å². The Kier molecular flexibility index (Phi) is 5.93. The standard InChI is InChI=1S/C11H21N3O3/c1-14(9-4-6-12-7-9)8-10(15)13-5-2-3-11(16)17/h9,12H,2-8H2,1H3,(H,13,15)(H,16,17). The summed E-state index contributed by atoms with van der Waals surface area (Å²) in [6.07, 6.45) is 1.65. The lowest BCUT2D eigenvalue weighted by atomic mass is 10.2. The van der Waals surface area contributed by atoms with Crippen LogP contribution in [0.5, 0.6) is 0 Å². The van der Waals surface area contributed by atoms with Gasteiger partial charge in [0.05, 0.1) is 6.54 Å². The Balaban J connectivity index is 2.09. The fraction of sp³-hybridized carbons (Fsp3) is 0.818. The second-order valence-corrected chi connectivity index (χ2v) is 4.41. The van der Waals surface area contributed by atoms with E-state index >= 15 is 0 Å². The Morgan fingerprint density at radius 1 is 1.53 bits per heavy atom. The molecule has 1 fully saturated rings. The molecule has 1 unspecified atom stereocenters. The number of hydrogen-bond donors (Lipinski definition) is 3. The highest BCUT2D eigenvalue weighted by Gasteiger charge is 2.20. The smallest absolute Gasteiger partial charge is 0.303 e. The van der Waals surface area contributed by atoms with Crippen LogP contribution in [-0.4, -0.2) is 61.2 Å². The van der Waals surface area contributed by atoms with E-state index in [0.717, 1.165) is 19.5 Å². The van der Waals surface area contributed by atoms with Crippen LogP contribution in [-0.2, 0) is 9.59 Å². The van der Waals surface area contributed by atoms with Crippen LogP contribution in [0.4, 0.5) is 0 Å². The van der Waals surface area contributed by atoms with Crippen LogP contribution in [0, 0.1) is 0 Å². The number of carboxylic acids is 1. The molecule has 1 aliphatic rings. The number of nitrogens with one attached hydrogen (secondary N) is 2. The van der Waals surface area contributed by atoms with E-state index in [4.69, 9.17) is 5.11 Å². The average Bonchev–Trinajstić information content (AvgIpc) is 2.77. The van der Waals surface area contributed by atoms with Crippen molar-refractivity contribution < 1.29 is 14.7 Å².